The van der Waals surface area contributed by atoms with Crippen molar-refractivity contribution in [2.75, 3.05) is 27.2 Å². The highest BCUT2D eigenvalue weighted by atomic mass is 16.4. The van der Waals surface area contributed by atoms with Crippen LogP contribution in [0.5, 0.6) is 0 Å². The molecule has 76 valence electrons. The summed E-state index contributed by atoms with van der Waals surface area (Å²) in [6, 6.07) is 0. The van der Waals surface area contributed by atoms with Crippen molar-refractivity contribution < 1.29 is 14.4 Å². The third kappa shape index (κ3) is 18.1. The smallest absolute Gasteiger partial charge is 0.0969 e. The largest absolute Gasteiger partial charge is 0.550 e. The average Bonchev–Trinajstić information content (AvgIpc) is 1.84. The second-order valence-electron chi connectivity index (χ2n) is 3.37. The highest BCUT2D eigenvalue weighted by Crippen LogP contribution is 1.95. The molecular weight excluding hydrogens is 166 g/mol. The molecule has 0 radical (unpaired) electrons. The van der Waals surface area contributed by atoms with Crippen LogP contribution in [0.25, 0.3) is 0 Å². The first kappa shape index (κ1) is 14.4. The topological polar surface area (TPSA) is 40.1 Å². The first-order valence-electron chi connectivity index (χ1n) is 4.07. The maximum atomic E-state index is 8.89. The summed E-state index contributed by atoms with van der Waals surface area (Å²) in [4.78, 5) is 8.89. The fourth-order valence-corrected chi connectivity index (χ4v) is 0.774. The Morgan fingerprint density at radius 1 is 1.31 bits per heavy atom. The molecule has 3 heteroatoms. The van der Waals surface area contributed by atoms with E-state index in [1.54, 1.807) is 0 Å². The molecular formula is C10H19NO2. The fourth-order valence-electron chi connectivity index (χ4n) is 0.774. The zero-order chi connectivity index (χ0) is 10.9. The average molecular weight is 185 g/mol. The molecule has 0 saturated carbocycles. The standard InChI is InChI=1S/C8H16N.C2H4O2/c1-5-7-9(3,4)8-6-2;1-2(3)4/h5-6H,1-2,7-8H2,3-4H3;1H3,(H,3,4)/q+1;/p-1. The highest BCUT2D eigenvalue weighted by molar-refractivity contribution is 5.60. The maximum Gasteiger partial charge on any atom is 0.0969 e. The van der Waals surface area contributed by atoms with Gasteiger partial charge in [0.15, 0.2) is 0 Å². The fraction of sp³-hybridized carbons (Fsp3) is 0.500. The normalized spacial score (nSPS) is 9.46. The summed E-state index contributed by atoms with van der Waals surface area (Å²) in [5.41, 5.74) is 0. The van der Waals surface area contributed by atoms with Crippen LogP contribution in [0, 0.1) is 0 Å². The SMILES string of the molecule is C=CC[N+](C)(C)CC=C.CC(=O)[O-]. The van der Waals surface area contributed by atoms with Gasteiger partial charge in [-0.1, -0.05) is 13.2 Å². The van der Waals surface area contributed by atoms with E-state index in [1.165, 1.54) is 0 Å². The molecule has 0 rings (SSSR count). The molecule has 0 atom stereocenters. The molecule has 0 unspecified atom stereocenters. The van der Waals surface area contributed by atoms with Crippen LogP contribution in [0.4, 0.5) is 0 Å². The van der Waals surface area contributed by atoms with Gasteiger partial charge in [-0.2, -0.15) is 0 Å². The minimum Gasteiger partial charge on any atom is -0.550 e. The van der Waals surface area contributed by atoms with Crippen LogP contribution in [-0.4, -0.2) is 37.6 Å². The van der Waals surface area contributed by atoms with E-state index in [1.807, 2.05) is 12.2 Å². The Bertz CT molecular complexity index is 158. The number of likely N-dealkylation sites (N-methyl/N-ethyl adjacent to an activating group) is 1. The Morgan fingerprint density at radius 2 is 1.54 bits per heavy atom. The van der Waals surface area contributed by atoms with Crippen LogP contribution in [0.3, 0.4) is 0 Å². The van der Waals surface area contributed by atoms with E-state index in [0.29, 0.717) is 0 Å². The van der Waals surface area contributed by atoms with Crippen LogP contribution in [0.1, 0.15) is 6.92 Å². The van der Waals surface area contributed by atoms with Crippen LogP contribution in [0.2, 0.25) is 0 Å². The van der Waals surface area contributed by atoms with Crippen LogP contribution >= 0.6 is 0 Å². The van der Waals surface area contributed by atoms with E-state index < -0.39 is 5.97 Å². The molecule has 13 heavy (non-hydrogen) atoms. The highest BCUT2D eigenvalue weighted by Gasteiger charge is 2.07. The summed E-state index contributed by atoms with van der Waals surface area (Å²) in [6.07, 6.45) is 3.87. The van der Waals surface area contributed by atoms with E-state index >= 15 is 0 Å². The predicted molar refractivity (Wildman–Crippen MR) is 52.9 cm³/mol. The molecule has 0 N–H and O–H groups in total. The first-order chi connectivity index (χ1) is 5.85. The van der Waals surface area contributed by atoms with Gasteiger partial charge in [-0.25, -0.2) is 0 Å². The summed E-state index contributed by atoms with van der Waals surface area (Å²) < 4.78 is 0.951. The van der Waals surface area contributed by atoms with E-state index in [-0.39, 0.29) is 0 Å². The molecule has 0 spiro atoms. The number of carboxylic acid groups (broad SMARTS) is 1. The Hall–Kier alpha value is -1.09. The minimum absolute atomic E-state index is 0.951. The van der Waals surface area contributed by atoms with Crippen molar-refractivity contribution in [3.05, 3.63) is 25.3 Å². The molecule has 0 fully saturated rings. The summed E-state index contributed by atoms with van der Waals surface area (Å²) in [5, 5.41) is 8.89. The Morgan fingerprint density at radius 3 is 1.69 bits per heavy atom. The zero-order valence-corrected chi connectivity index (χ0v) is 8.75. The quantitative estimate of drug-likeness (QED) is 0.463. The molecule has 0 aromatic heterocycles. The number of nitrogens with zero attached hydrogens (tertiary/aromatic N) is 1. The lowest BCUT2D eigenvalue weighted by molar-refractivity contribution is -0.878. The van der Waals surface area contributed by atoms with Gasteiger partial charge in [0.1, 0.15) is 0 Å². The first-order valence-corrected chi connectivity index (χ1v) is 4.07. The number of aliphatic carboxylic acids is 1. The molecule has 0 aromatic carbocycles. The van der Waals surface area contributed by atoms with Crippen molar-refractivity contribution in [1.82, 2.24) is 0 Å². The van der Waals surface area contributed by atoms with Crippen molar-refractivity contribution in [1.29, 1.82) is 0 Å². The van der Waals surface area contributed by atoms with Gasteiger partial charge < -0.3 is 14.4 Å². The van der Waals surface area contributed by atoms with E-state index in [9.17, 15) is 0 Å². The maximum absolute atomic E-state index is 8.89. The van der Waals surface area contributed by atoms with Crippen molar-refractivity contribution in [2.45, 2.75) is 6.92 Å². The monoisotopic (exact) mass is 185 g/mol. The van der Waals surface area contributed by atoms with Crippen molar-refractivity contribution in [3.8, 4) is 0 Å². The van der Waals surface area contributed by atoms with Gasteiger partial charge in [-0.05, 0) is 19.1 Å². The molecule has 3 nitrogen and oxygen atoms in total. The molecule has 0 heterocycles. The molecule has 0 amide bonds. The van der Waals surface area contributed by atoms with Crippen molar-refractivity contribution in [2.24, 2.45) is 0 Å². The lowest BCUT2D eigenvalue weighted by Crippen LogP contribution is -2.39. The second-order valence-corrected chi connectivity index (χ2v) is 3.37. The third-order valence-electron chi connectivity index (χ3n) is 1.25. The molecule has 0 aliphatic carbocycles. The van der Waals surface area contributed by atoms with Crippen molar-refractivity contribution in [3.63, 3.8) is 0 Å². The van der Waals surface area contributed by atoms with Gasteiger partial charge in [-0.15, -0.1) is 0 Å². The minimum atomic E-state index is -1.08. The number of carbonyl (C=O) groups is 1. The molecule has 0 saturated heterocycles. The summed E-state index contributed by atoms with van der Waals surface area (Å²) in [5.74, 6) is -1.08. The van der Waals surface area contributed by atoms with E-state index in [2.05, 4.69) is 27.3 Å². The Balaban J connectivity index is 0. The van der Waals surface area contributed by atoms with Gasteiger partial charge in [-0.3, -0.25) is 0 Å². The van der Waals surface area contributed by atoms with E-state index in [0.717, 1.165) is 24.5 Å². The van der Waals surface area contributed by atoms with Crippen LogP contribution in [0.15, 0.2) is 25.3 Å². The van der Waals surface area contributed by atoms with Crippen LogP contribution < -0.4 is 5.11 Å². The summed E-state index contributed by atoms with van der Waals surface area (Å²) in [6.45, 7) is 10.3. The lowest BCUT2D eigenvalue weighted by atomic mass is 10.4. The number of carboxylic acids is 1. The molecule has 0 aliphatic rings. The molecule has 0 bridgehead atoms. The number of carbonyl (C=O) groups excluding carboxylic acids is 1. The van der Waals surface area contributed by atoms with Gasteiger partial charge in [0.2, 0.25) is 0 Å². The summed E-state index contributed by atoms with van der Waals surface area (Å²) >= 11 is 0. The van der Waals surface area contributed by atoms with Gasteiger partial charge in [0, 0.05) is 5.97 Å². The summed E-state index contributed by atoms with van der Waals surface area (Å²) in [7, 11) is 4.31. The van der Waals surface area contributed by atoms with Gasteiger partial charge in [0.25, 0.3) is 0 Å². The molecule has 0 aliphatic heterocycles. The number of rotatable bonds is 4. The molecule has 0 aromatic rings. The predicted octanol–water partition coefficient (Wildman–Crippen LogP) is 0.191. The van der Waals surface area contributed by atoms with E-state index in [4.69, 9.17) is 9.90 Å². The number of quaternary nitrogens is 1. The number of hydrogen-bond acceptors (Lipinski definition) is 2. The Labute approximate surface area is 80.6 Å². The third-order valence-corrected chi connectivity index (χ3v) is 1.25. The van der Waals surface area contributed by atoms with Crippen molar-refractivity contribution >= 4 is 5.97 Å². The zero-order valence-electron chi connectivity index (χ0n) is 8.75. The van der Waals surface area contributed by atoms with Gasteiger partial charge >= 0.3 is 0 Å². The van der Waals surface area contributed by atoms with Gasteiger partial charge in [0.05, 0.1) is 27.2 Å². The van der Waals surface area contributed by atoms with Crippen LogP contribution in [-0.2, 0) is 4.79 Å². The number of hydrogen-bond donors (Lipinski definition) is 0. The Kier molecular flexibility index (Phi) is 8.39. The lowest BCUT2D eigenvalue weighted by Gasteiger charge is -2.26. The second kappa shape index (κ2) is 7.55.